The number of aliphatic hydroxyl groups is 1. The zero-order valence-corrected chi connectivity index (χ0v) is 20.6. The van der Waals surface area contributed by atoms with Gasteiger partial charge < -0.3 is 15.7 Å². The molecule has 1 unspecified atom stereocenters. The number of aliphatic hydroxyl groups excluding tert-OH is 1. The molecule has 0 bridgehead atoms. The van der Waals surface area contributed by atoms with Gasteiger partial charge in [-0.05, 0) is 38.3 Å². The van der Waals surface area contributed by atoms with Crippen LogP contribution in [0.3, 0.4) is 0 Å². The van der Waals surface area contributed by atoms with Gasteiger partial charge in [-0.2, -0.15) is 0 Å². The van der Waals surface area contributed by atoms with E-state index in [0.717, 1.165) is 42.7 Å². The first kappa shape index (κ1) is 24.0. The minimum atomic E-state index is -0.443. The number of aromatic nitrogens is 1. The maximum Gasteiger partial charge on any atom is 0.191 e. The van der Waals surface area contributed by atoms with Crippen molar-refractivity contribution < 1.29 is 5.11 Å². The lowest BCUT2D eigenvalue weighted by Gasteiger charge is -2.30. The Kier molecular flexibility index (Phi) is 9.81. The van der Waals surface area contributed by atoms with Gasteiger partial charge in [0.05, 0.1) is 23.4 Å². The molecule has 1 aliphatic rings. The molecular weight excluding hydrogens is 497 g/mol. The number of guanidine groups is 1. The number of rotatable bonds is 7. The third kappa shape index (κ3) is 7.20. The Bertz CT molecular complexity index is 810. The van der Waals surface area contributed by atoms with Crippen LogP contribution in [-0.2, 0) is 19.5 Å². The fourth-order valence-corrected chi connectivity index (χ4v) is 4.36. The van der Waals surface area contributed by atoms with Crippen LogP contribution in [0, 0.1) is 13.8 Å². The van der Waals surface area contributed by atoms with Crippen molar-refractivity contribution in [2.24, 2.45) is 4.99 Å². The lowest BCUT2D eigenvalue weighted by Crippen LogP contribution is -2.45. The number of benzene rings is 1. The van der Waals surface area contributed by atoms with Gasteiger partial charge in [0, 0.05) is 37.6 Å². The van der Waals surface area contributed by atoms with Crippen LogP contribution in [-0.4, -0.2) is 53.2 Å². The molecule has 160 valence electrons. The zero-order chi connectivity index (χ0) is 19.9. The third-order valence-corrected chi connectivity index (χ3v) is 5.97. The summed E-state index contributed by atoms with van der Waals surface area (Å²) in [5, 5.41) is 18.1. The molecule has 0 saturated carbocycles. The summed E-state index contributed by atoms with van der Waals surface area (Å²) in [7, 11) is 0. The topological polar surface area (TPSA) is 72.8 Å². The Morgan fingerprint density at radius 3 is 2.72 bits per heavy atom. The second kappa shape index (κ2) is 11.8. The quantitative estimate of drug-likeness (QED) is 0.293. The highest BCUT2D eigenvalue weighted by atomic mass is 127. The summed E-state index contributed by atoms with van der Waals surface area (Å²) in [5.41, 5.74) is 3.85. The number of nitrogens with zero attached hydrogens (tertiary/aromatic N) is 3. The number of β-amino-alcohol motifs (C(OH)–C–C–N with tert-alkyl or cyclic N) is 1. The Balaban J connectivity index is 0.00000300. The van der Waals surface area contributed by atoms with Gasteiger partial charge >= 0.3 is 0 Å². The Hall–Kier alpha value is -1.23. The van der Waals surface area contributed by atoms with E-state index in [1.165, 1.54) is 16.0 Å². The number of halogens is 1. The first-order valence-corrected chi connectivity index (χ1v) is 10.8. The first-order chi connectivity index (χ1) is 13.5. The minimum absolute atomic E-state index is 0. The van der Waals surface area contributed by atoms with Crippen LogP contribution in [0.15, 0.2) is 29.3 Å². The van der Waals surface area contributed by atoms with E-state index in [2.05, 4.69) is 49.8 Å². The Morgan fingerprint density at radius 2 is 2.03 bits per heavy atom. The van der Waals surface area contributed by atoms with Crippen molar-refractivity contribution in [1.82, 2.24) is 20.5 Å². The monoisotopic (exact) mass is 529 g/mol. The number of aryl methyl sites for hydroxylation is 2. The van der Waals surface area contributed by atoms with Crippen molar-refractivity contribution in [3.8, 4) is 0 Å². The van der Waals surface area contributed by atoms with E-state index in [-0.39, 0.29) is 24.0 Å². The van der Waals surface area contributed by atoms with Crippen LogP contribution in [0.4, 0.5) is 0 Å². The highest BCUT2D eigenvalue weighted by Crippen LogP contribution is 2.19. The number of thiazole rings is 1. The van der Waals surface area contributed by atoms with Crippen molar-refractivity contribution in [2.45, 2.75) is 46.4 Å². The maximum absolute atomic E-state index is 10.5. The van der Waals surface area contributed by atoms with E-state index >= 15 is 0 Å². The second-order valence-electron chi connectivity index (χ2n) is 7.23. The van der Waals surface area contributed by atoms with Crippen LogP contribution >= 0.6 is 35.3 Å². The number of aliphatic imine (C=N–C) groups is 1. The van der Waals surface area contributed by atoms with E-state index in [1.807, 2.05) is 20.8 Å². The summed E-state index contributed by atoms with van der Waals surface area (Å²) >= 11 is 1.69. The number of fused-ring (bicyclic) bond motifs is 1. The molecule has 8 heteroatoms. The van der Waals surface area contributed by atoms with Gasteiger partial charge in [-0.1, -0.05) is 24.3 Å². The third-order valence-electron chi connectivity index (χ3n) is 4.91. The Morgan fingerprint density at radius 1 is 1.28 bits per heavy atom. The summed E-state index contributed by atoms with van der Waals surface area (Å²) in [5.74, 6) is 0.732. The molecule has 0 saturated heterocycles. The summed E-state index contributed by atoms with van der Waals surface area (Å²) in [6.45, 7) is 10.5. The average Bonchev–Trinajstić information content (AvgIpc) is 3.01. The molecule has 0 radical (unpaired) electrons. The van der Waals surface area contributed by atoms with E-state index < -0.39 is 6.10 Å². The summed E-state index contributed by atoms with van der Waals surface area (Å²) in [6, 6.07) is 8.58. The highest BCUT2D eigenvalue weighted by molar-refractivity contribution is 14.0. The van der Waals surface area contributed by atoms with Gasteiger partial charge in [-0.15, -0.1) is 35.3 Å². The summed E-state index contributed by atoms with van der Waals surface area (Å²) in [4.78, 5) is 12.6. The molecule has 1 aliphatic heterocycles. The van der Waals surface area contributed by atoms with E-state index in [9.17, 15) is 5.11 Å². The van der Waals surface area contributed by atoms with Crippen LogP contribution in [0.25, 0.3) is 0 Å². The fraction of sp³-hybridized carbons (Fsp3) is 0.524. The van der Waals surface area contributed by atoms with Gasteiger partial charge in [-0.3, -0.25) is 4.90 Å². The predicted octanol–water partition coefficient (Wildman–Crippen LogP) is 2.85. The molecule has 0 fully saturated rings. The van der Waals surface area contributed by atoms with Crippen molar-refractivity contribution in [1.29, 1.82) is 0 Å². The molecule has 3 rings (SSSR count). The molecule has 2 heterocycles. The van der Waals surface area contributed by atoms with E-state index in [1.54, 1.807) is 11.3 Å². The molecule has 1 atom stereocenters. The molecule has 0 amide bonds. The largest absolute Gasteiger partial charge is 0.390 e. The summed E-state index contributed by atoms with van der Waals surface area (Å²) < 4.78 is 0. The standard InChI is InChI=1S/C21H31N5OS.HI/c1-4-22-21(24-12-20-15(2)25-16(3)28-20)23-11-19(27)14-26-10-9-17-7-5-6-8-18(17)13-26;/h5-8,19,27H,4,9-14H2,1-3H3,(H2,22,23,24);1H. The fourth-order valence-electron chi connectivity index (χ4n) is 3.50. The van der Waals surface area contributed by atoms with Gasteiger partial charge in [-0.25, -0.2) is 9.98 Å². The summed E-state index contributed by atoms with van der Waals surface area (Å²) in [6.07, 6.45) is 0.607. The van der Waals surface area contributed by atoms with Crippen molar-refractivity contribution in [3.63, 3.8) is 0 Å². The zero-order valence-electron chi connectivity index (χ0n) is 17.4. The number of nitrogens with one attached hydrogen (secondary N) is 2. The second-order valence-corrected chi connectivity index (χ2v) is 8.51. The van der Waals surface area contributed by atoms with E-state index in [0.29, 0.717) is 19.6 Å². The van der Waals surface area contributed by atoms with Gasteiger partial charge in [0.15, 0.2) is 5.96 Å². The van der Waals surface area contributed by atoms with Crippen molar-refractivity contribution in [3.05, 3.63) is 51.0 Å². The van der Waals surface area contributed by atoms with Crippen LogP contribution in [0.5, 0.6) is 0 Å². The average molecular weight is 529 g/mol. The molecule has 1 aromatic heterocycles. The van der Waals surface area contributed by atoms with Crippen LogP contribution in [0.2, 0.25) is 0 Å². The SMILES string of the molecule is CCNC(=NCc1sc(C)nc1C)NCC(O)CN1CCc2ccccc2C1.I. The minimum Gasteiger partial charge on any atom is -0.390 e. The lowest BCUT2D eigenvalue weighted by molar-refractivity contribution is 0.108. The molecule has 3 N–H and O–H groups in total. The van der Waals surface area contributed by atoms with Gasteiger partial charge in [0.2, 0.25) is 0 Å². The molecule has 6 nitrogen and oxygen atoms in total. The molecule has 0 aliphatic carbocycles. The molecular formula is C21H32IN5OS. The normalized spacial score (nSPS) is 15.4. The van der Waals surface area contributed by atoms with E-state index in [4.69, 9.17) is 0 Å². The number of hydrogen-bond acceptors (Lipinski definition) is 5. The van der Waals surface area contributed by atoms with Gasteiger partial charge in [0.25, 0.3) is 0 Å². The van der Waals surface area contributed by atoms with Crippen LogP contribution < -0.4 is 10.6 Å². The van der Waals surface area contributed by atoms with Crippen molar-refractivity contribution in [2.75, 3.05) is 26.2 Å². The molecule has 1 aromatic carbocycles. The van der Waals surface area contributed by atoms with Crippen molar-refractivity contribution >= 4 is 41.3 Å². The Labute approximate surface area is 194 Å². The smallest absolute Gasteiger partial charge is 0.191 e. The van der Waals surface area contributed by atoms with Crippen LogP contribution in [0.1, 0.15) is 33.6 Å². The lowest BCUT2D eigenvalue weighted by atomic mass is 10.00. The first-order valence-electron chi connectivity index (χ1n) is 9.97. The highest BCUT2D eigenvalue weighted by Gasteiger charge is 2.18. The molecule has 29 heavy (non-hydrogen) atoms. The molecule has 2 aromatic rings. The maximum atomic E-state index is 10.5. The number of hydrogen-bond donors (Lipinski definition) is 3. The predicted molar refractivity (Wildman–Crippen MR) is 131 cm³/mol. The van der Waals surface area contributed by atoms with Gasteiger partial charge in [0.1, 0.15) is 0 Å². The molecule has 0 spiro atoms.